The van der Waals surface area contributed by atoms with Gasteiger partial charge in [0.15, 0.2) is 0 Å². The molecule has 1 saturated carbocycles. The van der Waals surface area contributed by atoms with Crippen molar-refractivity contribution in [3.8, 4) is 0 Å². The fourth-order valence-corrected chi connectivity index (χ4v) is 2.50. The van der Waals surface area contributed by atoms with Gasteiger partial charge in [-0.1, -0.05) is 0 Å². The van der Waals surface area contributed by atoms with Crippen LogP contribution in [-0.4, -0.2) is 64.7 Å². The molecule has 2 N–H and O–H groups in total. The van der Waals surface area contributed by atoms with E-state index in [9.17, 15) is 9.59 Å². The number of urea groups is 1. The average Bonchev–Trinajstić information content (AvgIpc) is 3.12. The zero-order valence-electron chi connectivity index (χ0n) is 11.7. The number of nitrogens with one attached hydrogen (secondary N) is 1. The predicted octanol–water partition coefficient (Wildman–Crippen LogP) is 0.164. The Kier molecular flexibility index (Phi) is 4.10. The summed E-state index contributed by atoms with van der Waals surface area (Å²) in [6, 6.07) is 0.293. The molecule has 0 aromatic rings. The van der Waals surface area contributed by atoms with E-state index in [2.05, 4.69) is 10.2 Å². The van der Waals surface area contributed by atoms with E-state index in [1.165, 1.54) is 17.7 Å². The highest BCUT2D eigenvalue weighted by Crippen LogP contribution is 2.26. The minimum Gasteiger partial charge on any atom is -0.395 e. The van der Waals surface area contributed by atoms with E-state index in [1.807, 2.05) is 0 Å². The van der Waals surface area contributed by atoms with Crippen molar-refractivity contribution in [2.24, 2.45) is 0 Å². The number of carbonyl (C=O) groups excluding carboxylic acids is 2. The zero-order chi connectivity index (χ0) is 14.0. The van der Waals surface area contributed by atoms with Gasteiger partial charge in [0.05, 0.1) is 6.61 Å². The summed E-state index contributed by atoms with van der Waals surface area (Å²) in [6.07, 6.45) is 3.14. The van der Waals surface area contributed by atoms with Gasteiger partial charge in [0.1, 0.15) is 5.54 Å². The summed E-state index contributed by atoms with van der Waals surface area (Å²) in [5, 5.41) is 11.7. The third kappa shape index (κ3) is 3.25. The van der Waals surface area contributed by atoms with Gasteiger partial charge in [0.25, 0.3) is 5.91 Å². The lowest BCUT2D eigenvalue weighted by molar-refractivity contribution is -0.130. The van der Waals surface area contributed by atoms with Crippen LogP contribution < -0.4 is 5.32 Å². The molecule has 1 saturated heterocycles. The van der Waals surface area contributed by atoms with Gasteiger partial charge in [-0.25, -0.2) is 4.79 Å². The smallest absolute Gasteiger partial charge is 0.325 e. The van der Waals surface area contributed by atoms with E-state index < -0.39 is 5.54 Å². The second kappa shape index (κ2) is 5.46. The molecule has 0 aromatic heterocycles. The third-order valence-corrected chi connectivity index (χ3v) is 3.72. The maximum Gasteiger partial charge on any atom is 0.325 e. The molecule has 0 aromatic carbocycles. The Morgan fingerprint density at radius 3 is 2.53 bits per heavy atom. The highest BCUT2D eigenvalue weighted by Gasteiger charge is 2.43. The Balaban J connectivity index is 1.79. The maximum atomic E-state index is 12.0. The zero-order valence-corrected chi connectivity index (χ0v) is 11.7. The summed E-state index contributed by atoms with van der Waals surface area (Å²) in [5.41, 5.74) is -0.779. The molecule has 3 amide bonds. The van der Waals surface area contributed by atoms with Crippen LogP contribution in [0.5, 0.6) is 0 Å². The number of nitrogens with zero attached hydrogens (tertiary/aromatic N) is 2. The Morgan fingerprint density at radius 1 is 1.37 bits per heavy atom. The normalized spacial score (nSPS) is 22.2. The Hall–Kier alpha value is -1.14. The fourth-order valence-electron chi connectivity index (χ4n) is 2.50. The molecule has 0 unspecified atom stereocenters. The van der Waals surface area contributed by atoms with E-state index in [0.29, 0.717) is 19.1 Å². The van der Waals surface area contributed by atoms with Gasteiger partial charge in [0.2, 0.25) is 0 Å². The molecular formula is C13H23N3O3. The highest BCUT2D eigenvalue weighted by molar-refractivity contribution is 6.06. The minimum absolute atomic E-state index is 0.155. The van der Waals surface area contributed by atoms with E-state index in [0.717, 1.165) is 13.0 Å². The molecule has 6 heteroatoms. The number of carbonyl (C=O) groups is 2. The quantitative estimate of drug-likeness (QED) is 0.646. The monoisotopic (exact) mass is 269 g/mol. The number of rotatable bonds is 7. The Labute approximate surface area is 113 Å². The van der Waals surface area contributed by atoms with Gasteiger partial charge in [-0.15, -0.1) is 0 Å². The first-order valence-electron chi connectivity index (χ1n) is 6.95. The molecule has 2 aliphatic rings. The van der Waals surface area contributed by atoms with Crippen molar-refractivity contribution in [2.75, 3.05) is 26.2 Å². The number of hydrogen-bond donors (Lipinski definition) is 2. The van der Waals surface area contributed by atoms with E-state index >= 15 is 0 Å². The largest absolute Gasteiger partial charge is 0.395 e. The maximum absolute atomic E-state index is 12.0. The third-order valence-electron chi connectivity index (χ3n) is 3.72. The van der Waals surface area contributed by atoms with Crippen LogP contribution in [0, 0.1) is 0 Å². The summed E-state index contributed by atoms with van der Waals surface area (Å²) in [7, 11) is 0. The SMILES string of the molecule is CC1(C)NC(=O)N(CCCN(CCO)C2CC2)C1=O. The molecule has 0 bridgehead atoms. The molecule has 6 nitrogen and oxygen atoms in total. The van der Waals surface area contributed by atoms with Crippen LogP contribution in [0.25, 0.3) is 0 Å². The summed E-state index contributed by atoms with van der Waals surface area (Å²) in [4.78, 5) is 27.2. The molecule has 0 radical (unpaired) electrons. The fraction of sp³-hybridized carbons (Fsp3) is 0.846. The Bertz CT molecular complexity index is 366. The lowest BCUT2D eigenvalue weighted by Crippen LogP contribution is -2.40. The van der Waals surface area contributed by atoms with Gasteiger partial charge in [-0.2, -0.15) is 0 Å². The first kappa shape index (κ1) is 14.3. The highest BCUT2D eigenvalue weighted by atomic mass is 16.3. The number of imide groups is 1. The Morgan fingerprint density at radius 2 is 2.05 bits per heavy atom. The van der Waals surface area contributed by atoms with Crippen LogP contribution in [0.3, 0.4) is 0 Å². The van der Waals surface area contributed by atoms with Crippen molar-refractivity contribution in [2.45, 2.75) is 44.7 Å². The number of aliphatic hydroxyl groups excluding tert-OH is 1. The van der Waals surface area contributed by atoms with Crippen molar-refractivity contribution < 1.29 is 14.7 Å². The standard InChI is InChI=1S/C13H23N3O3/c1-13(2)11(18)16(12(19)14-13)7-3-6-15(8-9-17)10-4-5-10/h10,17H,3-9H2,1-2H3,(H,14,19). The lowest BCUT2D eigenvalue weighted by Gasteiger charge is -2.22. The molecule has 19 heavy (non-hydrogen) atoms. The molecule has 108 valence electrons. The van der Waals surface area contributed by atoms with Crippen molar-refractivity contribution >= 4 is 11.9 Å². The van der Waals surface area contributed by atoms with Crippen molar-refractivity contribution in [3.05, 3.63) is 0 Å². The molecule has 1 aliphatic carbocycles. The summed E-state index contributed by atoms with van der Waals surface area (Å²) < 4.78 is 0. The van der Waals surface area contributed by atoms with Gasteiger partial charge in [-0.05, 0) is 33.1 Å². The summed E-state index contributed by atoms with van der Waals surface area (Å²) >= 11 is 0. The minimum atomic E-state index is -0.779. The topological polar surface area (TPSA) is 72.9 Å². The van der Waals surface area contributed by atoms with Crippen LogP contribution in [0.2, 0.25) is 0 Å². The van der Waals surface area contributed by atoms with Crippen molar-refractivity contribution in [1.29, 1.82) is 0 Å². The molecule has 0 spiro atoms. The van der Waals surface area contributed by atoms with E-state index in [4.69, 9.17) is 5.11 Å². The van der Waals surface area contributed by atoms with Crippen LogP contribution >= 0.6 is 0 Å². The number of aliphatic hydroxyl groups is 1. The molecule has 1 aliphatic heterocycles. The van der Waals surface area contributed by atoms with Crippen LogP contribution in [0.4, 0.5) is 4.79 Å². The van der Waals surface area contributed by atoms with Gasteiger partial charge in [0, 0.05) is 25.7 Å². The molecule has 0 atom stereocenters. The van der Waals surface area contributed by atoms with Crippen molar-refractivity contribution in [3.63, 3.8) is 0 Å². The van der Waals surface area contributed by atoms with Gasteiger partial charge < -0.3 is 10.4 Å². The first-order chi connectivity index (χ1) is 8.95. The summed E-state index contributed by atoms with van der Waals surface area (Å²) in [5.74, 6) is -0.155. The van der Waals surface area contributed by atoms with Gasteiger partial charge in [-0.3, -0.25) is 14.6 Å². The first-order valence-corrected chi connectivity index (χ1v) is 6.95. The van der Waals surface area contributed by atoms with E-state index in [1.54, 1.807) is 13.8 Å². The van der Waals surface area contributed by atoms with Gasteiger partial charge >= 0.3 is 6.03 Å². The predicted molar refractivity (Wildman–Crippen MR) is 70.6 cm³/mol. The second-order valence-electron chi connectivity index (χ2n) is 5.86. The van der Waals surface area contributed by atoms with Crippen LogP contribution in [-0.2, 0) is 4.79 Å². The average molecular weight is 269 g/mol. The number of hydrogen-bond acceptors (Lipinski definition) is 4. The molecule has 2 rings (SSSR count). The molecule has 1 heterocycles. The number of amides is 3. The second-order valence-corrected chi connectivity index (χ2v) is 5.86. The molecule has 2 fully saturated rings. The van der Waals surface area contributed by atoms with Crippen LogP contribution in [0.15, 0.2) is 0 Å². The molecular weight excluding hydrogens is 246 g/mol. The van der Waals surface area contributed by atoms with Crippen LogP contribution in [0.1, 0.15) is 33.1 Å². The summed E-state index contributed by atoms with van der Waals surface area (Å²) in [6.45, 7) is 5.54. The van der Waals surface area contributed by atoms with E-state index in [-0.39, 0.29) is 18.5 Å². The lowest BCUT2D eigenvalue weighted by atomic mass is 10.1. The van der Waals surface area contributed by atoms with Crippen molar-refractivity contribution in [1.82, 2.24) is 15.1 Å².